The molecule has 4 heteroatoms. The van der Waals surface area contributed by atoms with Crippen LogP contribution in [0.1, 0.15) is 18.4 Å². The zero-order chi connectivity index (χ0) is 10.7. The van der Waals surface area contributed by atoms with E-state index in [4.69, 9.17) is 4.74 Å². The minimum absolute atomic E-state index is 0.629. The fourth-order valence-corrected chi connectivity index (χ4v) is 1.81. The molecule has 14 heavy (non-hydrogen) atoms. The van der Waals surface area contributed by atoms with Crippen molar-refractivity contribution in [3.63, 3.8) is 0 Å². The molecule has 1 atom stereocenters. The molecule has 76 valence electrons. The number of halogens is 1. The number of carbonyl (C=O) groups is 1. The fourth-order valence-electron chi connectivity index (χ4n) is 1.11. The minimum Gasteiger partial charge on any atom is -0.550 e. The van der Waals surface area contributed by atoms with E-state index in [0.29, 0.717) is 15.8 Å². The van der Waals surface area contributed by atoms with Gasteiger partial charge in [0.05, 0.1) is 7.11 Å². The van der Waals surface area contributed by atoms with Gasteiger partial charge < -0.3 is 14.6 Å². The van der Waals surface area contributed by atoms with Gasteiger partial charge in [0.2, 0.25) is 0 Å². The van der Waals surface area contributed by atoms with Crippen LogP contribution in [0.3, 0.4) is 0 Å². The van der Waals surface area contributed by atoms with Crippen LogP contribution in [0.15, 0.2) is 22.7 Å². The van der Waals surface area contributed by atoms with E-state index < -0.39 is 11.9 Å². The molecule has 0 aliphatic heterocycles. The van der Waals surface area contributed by atoms with Crippen LogP contribution in [-0.4, -0.2) is 13.1 Å². The van der Waals surface area contributed by atoms with Crippen LogP contribution in [0.2, 0.25) is 0 Å². The number of hydrogen-bond donors (Lipinski definition) is 0. The van der Waals surface area contributed by atoms with Gasteiger partial charge in [-0.2, -0.15) is 0 Å². The molecule has 0 aromatic heterocycles. The number of rotatable bonds is 3. The molecule has 1 unspecified atom stereocenters. The van der Waals surface area contributed by atoms with Gasteiger partial charge in [0.15, 0.2) is 0 Å². The highest BCUT2D eigenvalue weighted by molar-refractivity contribution is 9.10. The highest BCUT2D eigenvalue weighted by Crippen LogP contribution is 2.28. The van der Waals surface area contributed by atoms with Crippen LogP contribution in [-0.2, 0) is 4.79 Å². The van der Waals surface area contributed by atoms with Gasteiger partial charge in [-0.3, -0.25) is 0 Å². The first-order valence-corrected chi connectivity index (χ1v) is 4.90. The van der Waals surface area contributed by atoms with Crippen LogP contribution in [0.4, 0.5) is 0 Å². The van der Waals surface area contributed by atoms with Gasteiger partial charge in [-0.05, 0) is 17.7 Å². The Balaban J connectivity index is 3.05. The molecule has 0 N–H and O–H groups in total. The van der Waals surface area contributed by atoms with E-state index in [1.165, 1.54) is 0 Å². The summed E-state index contributed by atoms with van der Waals surface area (Å²) in [4.78, 5) is 10.6. The van der Waals surface area contributed by atoms with E-state index in [9.17, 15) is 9.90 Å². The Bertz CT molecular complexity index is 349. The summed E-state index contributed by atoms with van der Waals surface area (Å²) in [5.41, 5.74) is 0.686. The number of aliphatic carboxylic acids is 1. The predicted molar refractivity (Wildman–Crippen MR) is 54.1 cm³/mol. The van der Waals surface area contributed by atoms with E-state index in [0.717, 1.165) is 0 Å². The Morgan fingerprint density at radius 3 is 2.64 bits per heavy atom. The third-order valence-corrected chi connectivity index (χ3v) is 2.71. The molecule has 0 saturated carbocycles. The Labute approximate surface area is 90.8 Å². The molecule has 0 aliphatic rings. The maximum atomic E-state index is 10.6. The van der Waals surface area contributed by atoms with Crippen molar-refractivity contribution in [2.45, 2.75) is 12.8 Å². The van der Waals surface area contributed by atoms with E-state index in [-0.39, 0.29) is 0 Å². The third kappa shape index (κ3) is 2.26. The first kappa shape index (κ1) is 11.0. The van der Waals surface area contributed by atoms with Crippen LogP contribution in [0.5, 0.6) is 5.75 Å². The molecule has 0 aliphatic carbocycles. The van der Waals surface area contributed by atoms with Gasteiger partial charge in [0.25, 0.3) is 0 Å². The van der Waals surface area contributed by atoms with Crippen molar-refractivity contribution in [2.75, 3.05) is 7.11 Å². The number of benzene rings is 1. The largest absolute Gasteiger partial charge is 0.550 e. The SMILES string of the molecule is COc1ccc(C(C)C(=O)[O-])c(Br)c1. The average Bonchev–Trinajstić information content (AvgIpc) is 2.16. The Kier molecular flexibility index (Phi) is 3.52. The minimum atomic E-state index is -1.09. The maximum Gasteiger partial charge on any atom is 0.120 e. The summed E-state index contributed by atoms with van der Waals surface area (Å²) >= 11 is 3.29. The topological polar surface area (TPSA) is 49.4 Å². The van der Waals surface area contributed by atoms with Crippen molar-refractivity contribution in [3.05, 3.63) is 28.2 Å². The number of hydrogen-bond acceptors (Lipinski definition) is 3. The highest BCUT2D eigenvalue weighted by atomic mass is 79.9. The molecule has 1 rings (SSSR count). The Morgan fingerprint density at radius 1 is 1.57 bits per heavy atom. The summed E-state index contributed by atoms with van der Waals surface area (Å²) in [5.74, 6) is -1.03. The molecule has 0 spiro atoms. The molecule has 0 radical (unpaired) electrons. The first-order valence-electron chi connectivity index (χ1n) is 4.10. The number of ether oxygens (including phenoxy) is 1. The van der Waals surface area contributed by atoms with Crippen molar-refractivity contribution in [3.8, 4) is 5.75 Å². The summed E-state index contributed by atoms with van der Waals surface area (Å²) < 4.78 is 5.71. The van der Waals surface area contributed by atoms with Gasteiger partial charge in [0, 0.05) is 16.4 Å². The second kappa shape index (κ2) is 4.46. The number of carboxylic acids is 1. The smallest absolute Gasteiger partial charge is 0.120 e. The standard InChI is InChI=1S/C10H11BrO3/c1-6(10(12)13)8-4-3-7(14-2)5-9(8)11/h3-6H,1-2H3,(H,12,13)/p-1. The average molecular weight is 258 g/mol. The van der Waals surface area contributed by atoms with Crippen molar-refractivity contribution in [2.24, 2.45) is 0 Å². The van der Waals surface area contributed by atoms with E-state index in [2.05, 4.69) is 15.9 Å². The molecule has 1 aromatic carbocycles. The van der Waals surface area contributed by atoms with Crippen molar-refractivity contribution in [1.82, 2.24) is 0 Å². The molecule has 0 amide bonds. The zero-order valence-corrected chi connectivity index (χ0v) is 9.50. The third-order valence-electron chi connectivity index (χ3n) is 2.03. The van der Waals surface area contributed by atoms with Gasteiger partial charge >= 0.3 is 0 Å². The van der Waals surface area contributed by atoms with Crippen LogP contribution in [0, 0.1) is 0 Å². The number of carbonyl (C=O) groups excluding carboxylic acids is 1. The maximum absolute atomic E-state index is 10.6. The molecule has 1 aromatic rings. The second-order valence-corrected chi connectivity index (χ2v) is 3.78. The second-order valence-electron chi connectivity index (χ2n) is 2.93. The summed E-state index contributed by atoms with van der Waals surface area (Å²) in [7, 11) is 1.56. The van der Waals surface area contributed by atoms with Gasteiger partial charge in [-0.15, -0.1) is 0 Å². The van der Waals surface area contributed by atoms with Gasteiger partial charge in [-0.1, -0.05) is 28.9 Å². The van der Waals surface area contributed by atoms with Crippen molar-refractivity contribution in [1.29, 1.82) is 0 Å². The monoisotopic (exact) mass is 257 g/mol. The molecule has 3 nitrogen and oxygen atoms in total. The normalized spacial score (nSPS) is 12.2. The lowest BCUT2D eigenvalue weighted by Crippen LogP contribution is -2.28. The van der Waals surface area contributed by atoms with Crippen LogP contribution in [0.25, 0.3) is 0 Å². The lowest BCUT2D eigenvalue weighted by molar-refractivity contribution is -0.307. The molecular weight excluding hydrogens is 248 g/mol. The quantitative estimate of drug-likeness (QED) is 0.821. The lowest BCUT2D eigenvalue weighted by Gasteiger charge is -2.15. The molecule has 0 fully saturated rings. The predicted octanol–water partition coefficient (Wildman–Crippen LogP) is 1.31. The lowest BCUT2D eigenvalue weighted by atomic mass is 10.0. The fraction of sp³-hybridized carbons (Fsp3) is 0.300. The summed E-state index contributed by atoms with van der Waals surface area (Å²) in [6.45, 7) is 1.59. The van der Waals surface area contributed by atoms with Gasteiger partial charge in [0.1, 0.15) is 5.75 Å². The summed E-state index contributed by atoms with van der Waals surface area (Å²) in [6.07, 6.45) is 0. The molecule has 0 saturated heterocycles. The van der Waals surface area contributed by atoms with E-state index in [1.807, 2.05) is 0 Å². The number of carboxylic acid groups (broad SMARTS) is 1. The Morgan fingerprint density at radius 2 is 2.21 bits per heavy atom. The van der Waals surface area contributed by atoms with Crippen LogP contribution >= 0.6 is 15.9 Å². The summed E-state index contributed by atoms with van der Waals surface area (Å²) in [6, 6.07) is 5.16. The first-order chi connectivity index (χ1) is 6.56. The number of methoxy groups -OCH3 is 1. The summed E-state index contributed by atoms with van der Waals surface area (Å²) in [5, 5.41) is 10.6. The van der Waals surface area contributed by atoms with Gasteiger partial charge in [-0.25, -0.2) is 0 Å². The van der Waals surface area contributed by atoms with Crippen molar-refractivity contribution < 1.29 is 14.6 Å². The van der Waals surface area contributed by atoms with Crippen LogP contribution < -0.4 is 9.84 Å². The molecular formula is C10H10BrO3-. The van der Waals surface area contributed by atoms with E-state index >= 15 is 0 Å². The Hall–Kier alpha value is -1.03. The molecule has 0 bridgehead atoms. The zero-order valence-electron chi connectivity index (χ0n) is 7.91. The molecule has 0 heterocycles. The highest BCUT2D eigenvalue weighted by Gasteiger charge is 2.10. The van der Waals surface area contributed by atoms with Crippen molar-refractivity contribution >= 4 is 21.9 Å². The van der Waals surface area contributed by atoms with E-state index in [1.54, 1.807) is 32.2 Å².